The maximum absolute atomic E-state index is 13.1. The van der Waals surface area contributed by atoms with Crippen LogP contribution in [0.5, 0.6) is 0 Å². The summed E-state index contributed by atoms with van der Waals surface area (Å²) < 4.78 is 13.1. The van der Waals surface area contributed by atoms with Gasteiger partial charge in [-0.05, 0) is 18.2 Å². The summed E-state index contributed by atoms with van der Waals surface area (Å²) in [7, 11) is 0. The lowest BCUT2D eigenvalue weighted by Gasteiger charge is -2.01. The molecule has 0 radical (unpaired) electrons. The van der Waals surface area contributed by atoms with Crippen molar-refractivity contribution in [1.29, 1.82) is 0 Å². The van der Waals surface area contributed by atoms with Crippen molar-refractivity contribution < 1.29 is 9.31 Å². The minimum atomic E-state index is -0.581. The van der Waals surface area contributed by atoms with E-state index in [1.54, 1.807) is 0 Å². The summed E-state index contributed by atoms with van der Waals surface area (Å²) in [6.45, 7) is 0. The van der Waals surface area contributed by atoms with Gasteiger partial charge < -0.3 is 0 Å². The summed E-state index contributed by atoms with van der Waals surface area (Å²) in [6, 6.07) is 3.84. The first-order valence-electron chi connectivity index (χ1n) is 3.69. The maximum Gasteiger partial charge on any atom is 0.275 e. The van der Waals surface area contributed by atoms with Gasteiger partial charge in [0.25, 0.3) is 5.69 Å². The molecule has 0 spiro atoms. The molecule has 1 rings (SSSR count). The van der Waals surface area contributed by atoms with Gasteiger partial charge in [0.1, 0.15) is 5.82 Å². The minimum Gasteiger partial charge on any atom is -0.258 e. The Kier molecular flexibility index (Phi) is 3.25. The predicted molar refractivity (Wildman–Crippen MR) is 50.6 cm³/mol. The number of hydrogen-bond acceptors (Lipinski definition) is 3. The Morgan fingerprint density at radius 3 is 2.77 bits per heavy atom. The van der Waals surface area contributed by atoms with Crippen molar-refractivity contribution >= 4 is 18.3 Å². The van der Waals surface area contributed by atoms with Gasteiger partial charge in [0.15, 0.2) is 0 Å². The van der Waals surface area contributed by atoms with E-state index in [4.69, 9.17) is 0 Å². The molecule has 0 aliphatic heterocycles. The van der Waals surface area contributed by atoms with E-state index < -0.39 is 10.7 Å². The van der Waals surface area contributed by atoms with Crippen LogP contribution in [0.15, 0.2) is 18.2 Å². The lowest BCUT2D eigenvalue weighted by atomic mass is 10.1. The van der Waals surface area contributed by atoms with Crippen molar-refractivity contribution in [3.63, 3.8) is 0 Å². The smallest absolute Gasteiger partial charge is 0.258 e. The van der Waals surface area contributed by atoms with Gasteiger partial charge in [-0.15, -0.1) is 0 Å². The monoisotopic (exact) mass is 201 g/mol. The normalized spacial score (nSPS) is 10.0. The molecule has 3 nitrogen and oxygen atoms in total. The average molecular weight is 201 g/mol. The van der Waals surface area contributed by atoms with Crippen LogP contribution in [-0.2, 0) is 6.42 Å². The first-order valence-corrected chi connectivity index (χ1v) is 4.32. The summed E-state index contributed by atoms with van der Waals surface area (Å²) >= 11 is 3.91. The second-order valence-corrected chi connectivity index (χ2v) is 2.92. The van der Waals surface area contributed by atoms with E-state index in [1.165, 1.54) is 18.2 Å². The molecule has 0 saturated carbocycles. The SMILES string of the molecule is O=[N+]([O-])c1cccc(F)c1CCS. The van der Waals surface area contributed by atoms with Gasteiger partial charge in [-0.25, -0.2) is 4.39 Å². The summed E-state index contributed by atoms with van der Waals surface area (Å²) in [5, 5.41) is 10.5. The molecule has 0 saturated heterocycles. The molecule has 0 atom stereocenters. The fourth-order valence-corrected chi connectivity index (χ4v) is 1.30. The third-order valence-corrected chi connectivity index (χ3v) is 1.88. The molecule has 0 unspecified atom stereocenters. The van der Waals surface area contributed by atoms with E-state index >= 15 is 0 Å². The highest BCUT2D eigenvalue weighted by molar-refractivity contribution is 7.80. The lowest BCUT2D eigenvalue weighted by molar-refractivity contribution is -0.385. The Balaban J connectivity index is 3.17. The van der Waals surface area contributed by atoms with Crippen molar-refractivity contribution in [2.24, 2.45) is 0 Å². The molecule has 0 aromatic heterocycles. The second kappa shape index (κ2) is 4.23. The van der Waals surface area contributed by atoms with Gasteiger partial charge in [0.2, 0.25) is 0 Å². The molecular weight excluding hydrogens is 193 g/mol. The average Bonchev–Trinajstić information content (AvgIpc) is 2.08. The highest BCUT2D eigenvalue weighted by Gasteiger charge is 2.16. The molecule has 0 amide bonds. The zero-order chi connectivity index (χ0) is 9.84. The number of nitro benzene ring substituents is 1. The second-order valence-electron chi connectivity index (χ2n) is 2.47. The molecule has 70 valence electrons. The van der Waals surface area contributed by atoms with E-state index in [9.17, 15) is 14.5 Å². The topological polar surface area (TPSA) is 43.1 Å². The van der Waals surface area contributed by atoms with Crippen LogP contribution < -0.4 is 0 Å². The molecule has 13 heavy (non-hydrogen) atoms. The molecule has 0 heterocycles. The zero-order valence-electron chi connectivity index (χ0n) is 6.74. The van der Waals surface area contributed by atoms with Crippen LogP contribution in [0.4, 0.5) is 10.1 Å². The van der Waals surface area contributed by atoms with E-state index in [0.29, 0.717) is 5.75 Å². The number of rotatable bonds is 3. The van der Waals surface area contributed by atoms with Crippen LogP contribution in [-0.4, -0.2) is 10.7 Å². The molecule has 0 aliphatic carbocycles. The fraction of sp³-hybridized carbons (Fsp3) is 0.250. The Morgan fingerprint density at radius 1 is 1.54 bits per heavy atom. The Morgan fingerprint density at radius 2 is 2.23 bits per heavy atom. The molecule has 5 heteroatoms. The first kappa shape index (κ1) is 9.98. The molecule has 1 aromatic rings. The van der Waals surface area contributed by atoms with Crippen molar-refractivity contribution in [1.82, 2.24) is 0 Å². The third kappa shape index (κ3) is 2.18. The van der Waals surface area contributed by atoms with Crippen molar-refractivity contribution in [3.8, 4) is 0 Å². The molecule has 1 aromatic carbocycles. The third-order valence-electron chi connectivity index (χ3n) is 1.65. The number of hydrogen-bond donors (Lipinski definition) is 1. The summed E-state index contributed by atoms with van der Waals surface area (Å²) in [5.74, 6) is -0.148. The lowest BCUT2D eigenvalue weighted by Crippen LogP contribution is -1.99. The van der Waals surface area contributed by atoms with E-state index in [2.05, 4.69) is 12.6 Å². The number of nitro groups is 1. The van der Waals surface area contributed by atoms with Gasteiger partial charge >= 0.3 is 0 Å². The van der Waals surface area contributed by atoms with Crippen molar-refractivity contribution in [2.75, 3.05) is 5.75 Å². The summed E-state index contributed by atoms with van der Waals surface area (Å²) in [5.41, 5.74) is -0.0449. The highest BCUT2D eigenvalue weighted by Crippen LogP contribution is 2.21. The van der Waals surface area contributed by atoms with Crippen LogP contribution in [0.3, 0.4) is 0 Å². The molecule has 0 fully saturated rings. The van der Waals surface area contributed by atoms with E-state index in [0.717, 1.165) is 0 Å². The van der Waals surface area contributed by atoms with Gasteiger partial charge in [-0.2, -0.15) is 12.6 Å². The first-order chi connectivity index (χ1) is 6.16. The standard InChI is InChI=1S/C8H8FNO2S/c9-7-2-1-3-8(10(11)12)6(7)4-5-13/h1-3,13H,4-5H2. The number of nitrogens with zero attached hydrogens (tertiary/aromatic N) is 1. The zero-order valence-corrected chi connectivity index (χ0v) is 7.63. The van der Waals surface area contributed by atoms with Crippen LogP contribution in [0.2, 0.25) is 0 Å². The van der Waals surface area contributed by atoms with Gasteiger partial charge in [0, 0.05) is 6.07 Å². The largest absolute Gasteiger partial charge is 0.275 e. The quantitative estimate of drug-likeness (QED) is 0.463. The van der Waals surface area contributed by atoms with E-state index in [1.807, 2.05) is 0 Å². The molecular formula is C8H8FNO2S. The van der Waals surface area contributed by atoms with Crippen molar-refractivity contribution in [2.45, 2.75) is 6.42 Å². The summed E-state index contributed by atoms with van der Waals surface area (Å²) in [6.07, 6.45) is 0.270. The number of halogens is 1. The van der Waals surface area contributed by atoms with Crippen LogP contribution in [0.25, 0.3) is 0 Å². The van der Waals surface area contributed by atoms with Crippen LogP contribution in [0.1, 0.15) is 5.56 Å². The van der Waals surface area contributed by atoms with Gasteiger partial charge in [-0.3, -0.25) is 10.1 Å². The molecule has 0 N–H and O–H groups in total. The van der Waals surface area contributed by atoms with Crippen molar-refractivity contribution in [3.05, 3.63) is 39.7 Å². The van der Waals surface area contributed by atoms with E-state index in [-0.39, 0.29) is 17.7 Å². The molecule has 0 aliphatic rings. The van der Waals surface area contributed by atoms with Crippen LogP contribution >= 0.6 is 12.6 Å². The Labute approximate surface area is 80.1 Å². The van der Waals surface area contributed by atoms with Gasteiger partial charge in [0.05, 0.1) is 10.5 Å². The molecule has 0 bridgehead atoms. The minimum absolute atomic E-state index is 0.127. The summed E-state index contributed by atoms with van der Waals surface area (Å²) in [4.78, 5) is 9.88. The number of benzene rings is 1. The maximum atomic E-state index is 13.1. The highest BCUT2D eigenvalue weighted by atomic mass is 32.1. The fourth-order valence-electron chi connectivity index (χ4n) is 1.08. The van der Waals surface area contributed by atoms with Gasteiger partial charge in [-0.1, -0.05) is 6.07 Å². The Hall–Kier alpha value is -1.10. The van der Waals surface area contributed by atoms with Crippen LogP contribution in [0, 0.1) is 15.9 Å². The Bertz CT molecular complexity index is 330. The predicted octanol–water partition coefficient (Wildman–Crippen LogP) is 2.21. The number of thiol groups is 1.